The summed E-state index contributed by atoms with van der Waals surface area (Å²) in [4.78, 5) is 27.8. The molecule has 1 aliphatic rings. The number of thiophene rings is 1. The van der Waals surface area contributed by atoms with Crippen molar-refractivity contribution in [3.63, 3.8) is 0 Å². The first kappa shape index (κ1) is 17.5. The second kappa shape index (κ2) is 7.29. The lowest BCUT2D eigenvalue weighted by Crippen LogP contribution is -2.31. The number of amides is 2. The predicted octanol–water partition coefficient (Wildman–Crippen LogP) is 4.06. The summed E-state index contributed by atoms with van der Waals surface area (Å²) in [5.74, 6) is -0.486. The number of thioether (sulfide) groups is 1. The number of halogens is 2. The second-order valence-electron chi connectivity index (χ2n) is 4.80. The van der Waals surface area contributed by atoms with Crippen molar-refractivity contribution in [1.29, 1.82) is 0 Å². The molecule has 0 bridgehead atoms. The summed E-state index contributed by atoms with van der Waals surface area (Å²) < 4.78 is 0. The van der Waals surface area contributed by atoms with Gasteiger partial charge in [0.25, 0.3) is 11.8 Å². The van der Waals surface area contributed by atoms with Crippen molar-refractivity contribution in [1.82, 2.24) is 0 Å². The Morgan fingerprint density at radius 1 is 1.12 bits per heavy atom. The number of nitrogens with zero attached hydrogens (tertiary/aromatic N) is 1. The van der Waals surface area contributed by atoms with Gasteiger partial charge < -0.3 is 5.11 Å². The van der Waals surface area contributed by atoms with Crippen LogP contribution in [-0.4, -0.2) is 29.3 Å². The first-order valence-electron chi connectivity index (χ1n) is 6.90. The molecular weight excluding hydrogens is 389 g/mol. The van der Waals surface area contributed by atoms with E-state index < -0.39 is 11.8 Å². The molecule has 1 aromatic heterocycles. The molecule has 3 rings (SSSR count). The maximum absolute atomic E-state index is 12.9. The molecule has 0 spiro atoms. The third kappa shape index (κ3) is 3.12. The Bertz CT molecular complexity index is 834. The van der Waals surface area contributed by atoms with Gasteiger partial charge in [-0.1, -0.05) is 29.3 Å². The molecule has 24 heavy (non-hydrogen) atoms. The highest BCUT2D eigenvalue weighted by Crippen LogP contribution is 2.40. The quantitative estimate of drug-likeness (QED) is 0.769. The summed E-state index contributed by atoms with van der Waals surface area (Å²) in [7, 11) is 0. The Kier molecular flexibility index (Phi) is 5.32. The predicted molar refractivity (Wildman–Crippen MR) is 99.7 cm³/mol. The van der Waals surface area contributed by atoms with E-state index >= 15 is 0 Å². The van der Waals surface area contributed by atoms with Gasteiger partial charge in [0.1, 0.15) is 0 Å². The number of imide groups is 1. The van der Waals surface area contributed by atoms with E-state index in [1.807, 2.05) is 11.4 Å². The number of aliphatic hydroxyl groups excluding tert-OH is 1. The Labute approximate surface area is 156 Å². The lowest BCUT2D eigenvalue weighted by atomic mass is 10.2. The van der Waals surface area contributed by atoms with Crippen LogP contribution in [0, 0.1) is 0 Å². The smallest absolute Gasteiger partial charge is 0.272 e. The van der Waals surface area contributed by atoms with Crippen molar-refractivity contribution in [3.05, 3.63) is 55.5 Å². The topological polar surface area (TPSA) is 57.6 Å². The van der Waals surface area contributed by atoms with E-state index in [4.69, 9.17) is 28.3 Å². The van der Waals surface area contributed by atoms with E-state index in [-0.39, 0.29) is 11.6 Å². The Morgan fingerprint density at radius 3 is 2.54 bits per heavy atom. The zero-order valence-electron chi connectivity index (χ0n) is 12.2. The van der Waals surface area contributed by atoms with Gasteiger partial charge in [0.15, 0.2) is 0 Å². The van der Waals surface area contributed by atoms with Crippen molar-refractivity contribution in [3.8, 4) is 0 Å². The lowest BCUT2D eigenvalue weighted by molar-refractivity contribution is -0.119. The third-order valence-electron chi connectivity index (χ3n) is 3.31. The Hall–Kier alpha value is -1.31. The van der Waals surface area contributed by atoms with Gasteiger partial charge in [-0.05, 0) is 29.6 Å². The standard InChI is InChI=1S/C16H11Cl2NO3S2/c17-10-4-3-9(8-11(10)18)19-15(21)13(12-2-1-6-23-12)14(16(19)22)24-7-5-20/h1-4,6,8,20H,5,7H2. The fraction of sp³-hybridized carbons (Fsp3) is 0.125. The van der Waals surface area contributed by atoms with E-state index in [0.29, 0.717) is 26.9 Å². The average molecular weight is 400 g/mol. The summed E-state index contributed by atoms with van der Waals surface area (Å²) in [6, 6.07) is 8.23. The molecule has 0 fully saturated rings. The van der Waals surface area contributed by atoms with Gasteiger partial charge in [-0.15, -0.1) is 23.1 Å². The maximum atomic E-state index is 12.9. The van der Waals surface area contributed by atoms with Gasteiger partial charge >= 0.3 is 0 Å². The zero-order chi connectivity index (χ0) is 17.3. The summed E-state index contributed by atoms with van der Waals surface area (Å²) in [5.41, 5.74) is 0.729. The van der Waals surface area contributed by atoms with E-state index in [9.17, 15) is 9.59 Å². The number of aliphatic hydroxyl groups is 1. The highest BCUT2D eigenvalue weighted by molar-refractivity contribution is 8.04. The molecule has 0 unspecified atom stereocenters. The summed E-state index contributed by atoms with van der Waals surface area (Å²) in [6.45, 7) is -0.0832. The van der Waals surface area contributed by atoms with Crippen LogP contribution in [0.2, 0.25) is 10.0 Å². The molecule has 2 aromatic rings. The molecule has 2 heterocycles. The van der Waals surface area contributed by atoms with Crippen LogP contribution >= 0.6 is 46.3 Å². The van der Waals surface area contributed by atoms with Crippen LogP contribution in [0.4, 0.5) is 5.69 Å². The first-order chi connectivity index (χ1) is 11.5. The number of rotatable bonds is 5. The molecule has 124 valence electrons. The van der Waals surface area contributed by atoms with Gasteiger partial charge in [0.2, 0.25) is 0 Å². The number of carbonyl (C=O) groups excluding carboxylic acids is 2. The first-order valence-corrected chi connectivity index (χ1v) is 9.52. The van der Waals surface area contributed by atoms with Crippen LogP contribution in [0.25, 0.3) is 5.57 Å². The Morgan fingerprint density at radius 2 is 1.92 bits per heavy atom. The van der Waals surface area contributed by atoms with Crippen molar-refractivity contribution in [2.75, 3.05) is 17.3 Å². The minimum absolute atomic E-state index is 0.0832. The van der Waals surface area contributed by atoms with Crippen LogP contribution in [-0.2, 0) is 9.59 Å². The molecule has 1 aromatic carbocycles. The highest BCUT2D eigenvalue weighted by Gasteiger charge is 2.40. The molecule has 0 aliphatic carbocycles. The monoisotopic (exact) mass is 399 g/mol. The maximum Gasteiger partial charge on any atom is 0.272 e. The van der Waals surface area contributed by atoms with E-state index in [0.717, 1.165) is 9.78 Å². The number of hydrogen-bond donors (Lipinski definition) is 1. The number of carbonyl (C=O) groups is 2. The molecule has 1 N–H and O–H groups in total. The fourth-order valence-corrected chi connectivity index (χ4v) is 4.26. The van der Waals surface area contributed by atoms with E-state index in [1.165, 1.54) is 29.2 Å². The molecule has 4 nitrogen and oxygen atoms in total. The fourth-order valence-electron chi connectivity index (χ4n) is 2.29. The van der Waals surface area contributed by atoms with Gasteiger partial charge in [0.05, 0.1) is 32.8 Å². The van der Waals surface area contributed by atoms with Crippen molar-refractivity contribution < 1.29 is 14.7 Å². The van der Waals surface area contributed by atoms with E-state index in [2.05, 4.69) is 0 Å². The molecule has 1 aliphatic heterocycles. The van der Waals surface area contributed by atoms with Gasteiger partial charge in [-0.3, -0.25) is 9.59 Å². The zero-order valence-corrected chi connectivity index (χ0v) is 15.3. The van der Waals surface area contributed by atoms with Crippen LogP contribution in [0.1, 0.15) is 4.88 Å². The van der Waals surface area contributed by atoms with Crippen LogP contribution in [0.3, 0.4) is 0 Å². The summed E-state index contributed by atoms with van der Waals surface area (Å²) >= 11 is 14.5. The number of benzene rings is 1. The average Bonchev–Trinajstić information content (AvgIpc) is 3.15. The van der Waals surface area contributed by atoms with Gasteiger partial charge in [0, 0.05) is 10.6 Å². The molecule has 0 saturated heterocycles. The summed E-state index contributed by atoms with van der Waals surface area (Å²) in [5, 5.41) is 11.5. The number of anilines is 1. The normalized spacial score (nSPS) is 14.9. The SMILES string of the molecule is O=C1C(SCCO)=C(c2cccs2)C(=O)N1c1ccc(Cl)c(Cl)c1. The molecular formula is C16H11Cl2NO3S2. The molecule has 2 amide bonds. The van der Waals surface area contributed by atoms with Gasteiger partial charge in [-0.25, -0.2) is 4.90 Å². The van der Waals surface area contributed by atoms with Crippen molar-refractivity contribution >= 4 is 69.4 Å². The van der Waals surface area contributed by atoms with E-state index in [1.54, 1.807) is 18.2 Å². The summed E-state index contributed by atoms with van der Waals surface area (Å²) in [6.07, 6.45) is 0. The van der Waals surface area contributed by atoms with Crippen molar-refractivity contribution in [2.24, 2.45) is 0 Å². The van der Waals surface area contributed by atoms with Crippen molar-refractivity contribution in [2.45, 2.75) is 0 Å². The van der Waals surface area contributed by atoms with Crippen LogP contribution in [0.5, 0.6) is 0 Å². The van der Waals surface area contributed by atoms with Gasteiger partial charge in [-0.2, -0.15) is 0 Å². The molecule has 8 heteroatoms. The molecule has 0 radical (unpaired) electrons. The highest BCUT2D eigenvalue weighted by atomic mass is 35.5. The van der Waals surface area contributed by atoms with Crippen LogP contribution in [0.15, 0.2) is 40.6 Å². The Balaban J connectivity index is 2.05. The molecule has 0 saturated carbocycles. The number of hydrogen-bond acceptors (Lipinski definition) is 5. The second-order valence-corrected chi connectivity index (χ2v) is 7.66. The minimum Gasteiger partial charge on any atom is -0.396 e. The minimum atomic E-state index is -0.416. The third-order valence-corrected chi connectivity index (χ3v) is 5.99. The van der Waals surface area contributed by atoms with Crippen LogP contribution < -0.4 is 4.90 Å². The lowest BCUT2D eigenvalue weighted by Gasteiger charge is -2.15. The largest absolute Gasteiger partial charge is 0.396 e. The molecule has 0 atom stereocenters.